The van der Waals surface area contributed by atoms with Gasteiger partial charge >= 0.3 is 0 Å². The zero-order valence-electron chi connectivity index (χ0n) is 14.1. The molecule has 1 saturated carbocycles. The largest absolute Gasteiger partial charge is 0.454 e. The van der Waals surface area contributed by atoms with Gasteiger partial charge in [0, 0.05) is 18.2 Å². The molecule has 0 atom stereocenters. The third kappa shape index (κ3) is 4.55. The quantitative estimate of drug-likeness (QED) is 0.676. The molecule has 0 bridgehead atoms. The van der Waals surface area contributed by atoms with E-state index in [4.69, 9.17) is 15.2 Å². The highest BCUT2D eigenvalue weighted by Crippen LogP contribution is 2.38. The fourth-order valence-corrected chi connectivity index (χ4v) is 4.34. The number of nitrogens with one attached hydrogen (secondary N) is 2. The van der Waals surface area contributed by atoms with Crippen molar-refractivity contribution in [2.24, 2.45) is 5.92 Å². The van der Waals surface area contributed by atoms with Crippen molar-refractivity contribution in [2.75, 3.05) is 23.6 Å². The first-order valence-corrected chi connectivity index (χ1v) is 9.96. The average molecular weight is 369 g/mol. The van der Waals surface area contributed by atoms with Crippen LogP contribution in [0, 0.1) is 5.92 Å². The van der Waals surface area contributed by atoms with E-state index in [-0.39, 0.29) is 18.5 Å². The molecule has 3 rings (SSSR count). The van der Waals surface area contributed by atoms with E-state index in [1.165, 1.54) is 12.1 Å². The summed E-state index contributed by atoms with van der Waals surface area (Å²) in [5.74, 6) is 0.283. The number of rotatable bonds is 5. The van der Waals surface area contributed by atoms with Crippen LogP contribution in [0.15, 0.2) is 12.1 Å². The first-order chi connectivity index (χ1) is 11.8. The lowest BCUT2D eigenvalue weighted by molar-refractivity contribution is -0.113. The third-order valence-corrected chi connectivity index (χ3v) is 5.84. The highest BCUT2D eigenvalue weighted by Gasteiger charge is 2.25. The van der Waals surface area contributed by atoms with Crippen LogP contribution in [-0.4, -0.2) is 32.9 Å². The molecule has 1 aromatic rings. The molecule has 2 aliphatic rings. The Morgan fingerprint density at radius 3 is 2.52 bits per heavy atom. The molecular weight excluding hydrogens is 346 g/mol. The number of carbonyl (C=O) groups excluding carboxylic acids is 1. The Hall–Kier alpha value is -2.00. The Balaban J connectivity index is 1.58. The summed E-state index contributed by atoms with van der Waals surface area (Å²) in [6.07, 6.45) is 3.59. The number of ether oxygens (including phenoxy) is 2. The molecule has 8 nitrogen and oxygen atoms in total. The van der Waals surface area contributed by atoms with Gasteiger partial charge in [-0.15, -0.1) is 0 Å². The monoisotopic (exact) mass is 369 g/mol. The minimum atomic E-state index is -3.70. The van der Waals surface area contributed by atoms with Crippen LogP contribution in [0.1, 0.15) is 32.6 Å². The van der Waals surface area contributed by atoms with Crippen LogP contribution < -0.4 is 25.2 Å². The maximum atomic E-state index is 12.2. The van der Waals surface area contributed by atoms with E-state index in [9.17, 15) is 13.2 Å². The number of amides is 1. The van der Waals surface area contributed by atoms with Gasteiger partial charge in [0.1, 0.15) is 5.75 Å². The van der Waals surface area contributed by atoms with Crippen LogP contribution in [0.5, 0.6) is 11.5 Å². The van der Waals surface area contributed by atoms with Crippen molar-refractivity contribution < 1.29 is 22.7 Å². The molecule has 0 saturated heterocycles. The molecule has 1 aliphatic carbocycles. The van der Waals surface area contributed by atoms with Gasteiger partial charge in [0.2, 0.25) is 22.7 Å². The minimum Gasteiger partial charge on any atom is -0.454 e. The zero-order valence-corrected chi connectivity index (χ0v) is 14.9. The van der Waals surface area contributed by atoms with Crippen molar-refractivity contribution in [3.63, 3.8) is 0 Å². The van der Waals surface area contributed by atoms with Crippen LogP contribution in [0.2, 0.25) is 0 Å². The van der Waals surface area contributed by atoms with Crippen molar-refractivity contribution in [1.29, 1.82) is 0 Å². The molecule has 1 fully saturated rings. The topological polar surface area (TPSA) is 120 Å². The highest BCUT2D eigenvalue weighted by molar-refractivity contribution is 7.90. The predicted octanol–water partition coefficient (Wildman–Crippen LogP) is 1.43. The minimum absolute atomic E-state index is 0.0878. The van der Waals surface area contributed by atoms with Gasteiger partial charge in [-0.3, -0.25) is 4.79 Å². The SMILES string of the molecule is CC1CCC(NS(=O)(=O)CC(=O)Nc2cc3c(cc2N)OCO3)CC1. The molecular formula is C16H23N3O5S. The Morgan fingerprint density at radius 1 is 1.20 bits per heavy atom. The van der Waals surface area contributed by atoms with Crippen molar-refractivity contribution in [2.45, 2.75) is 38.6 Å². The predicted molar refractivity (Wildman–Crippen MR) is 93.9 cm³/mol. The molecule has 4 N–H and O–H groups in total. The molecule has 0 unspecified atom stereocenters. The molecule has 1 aromatic carbocycles. The summed E-state index contributed by atoms with van der Waals surface area (Å²) in [5.41, 5.74) is 6.44. The summed E-state index contributed by atoms with van der Waals surface area (Å²) < 4.78 is 37.5. The van der Waals surface area contributed by atoms with Gasteiger partial charge in [0.25, 0.3) is 0 Å². The van der Waals surface area contributed by atoms with E-state index in [0.29, 0.717) is 23.1 Å². The van der Waals surface area contributed by atoms with E-state index in [2.05, 4.69) is 17.0 Å². The van der Waals surface area contributed by atoms with Gasteiger partial charge < -0.3 is 20.5 Å². The van der Waals surface area contributed by atoms with E-state index in [1.807, 2.05) is 0 Å². The first-order valence-electron chi connectivity index (χ1n) is 8.31. The second kappa shape index (κ2) is 7.09. The maximum Gasteiger partial charge on any atom is 0.241 e. The second-order valence-electron chi connectivity index (χ2n) is 6.67. The fraction of sp³-hybridized carbons (Fsp3) is 0.562. The van der Waals surface area contributed by atoms with Crippen LogP contribution in [0.3, 0.4) is 0 Å². The molecule has 0 radical (unpaired) electrons. The van der Waals surface area contributed by atoms with E-state index >= 15 is 0 Å². The van der Waals surface area contributed by atoms with Gasteiger partial charge in [-0.1, -0.05) is 6.92 Å². The molecule has 9 heteroatoms. The number of nitrogen functional groups attached to an aromatic ring is 1. The molecule has 0 aromatic heterocycles. The Morgan fingerprint density at radius 2 is 1.84 bits per heavy atom. The number of benzene rings is 1. The summed E-state index contributed by atoms with van der Waals surface area (Å²) in [6.45, 7) is 2.25. The van der Waals surface area contributed by atoms with Gasteiger partial charge in [-0.25, -0.2) is 13.1 Å². The number of carbonyl (C=O) groups is 1. The number of nitrogens with two attached hydrogens (primary N) is 1. The maximum absolute atomic E-state index is 12.2. The number of hydrogen-bond donors (Lipinski definition) is 3. The van der Waals surface area contributed by atoms with Crippen molar-refractivity contribution in [1.82, 2.24) is 4.72 Å². The first kappa shape index (κ1) is 17.8. The summed E-state index contributed by atoms with van der Waals surface area (Å²) in [7, 11) is -3.70. The van der Waals surface area contributed by atoms with Crippen LogP contribution in [0.25, 0.3) is 0 Å². The molecule has 25 heavy (non-hydrogen) atoms. The highest BCUT2D eigenvalue weighted by atomic mass is 32.2. The normalized spacial score (nSPS) is 22.6. The van der Waals surface area contributed by atoms with Crippen molar-refractivity contribution >= 4 is 27.3 Å². The Kier molecular flexibility index (Phi) is 5.05. The summed E-state index contributed by atoms with van der Waals surface area (Å²) >= 11 is 0. The molecule has 138 valence electrons. The molecule has 0 spiro atoms. The van der Waals surface area contributed by atoms with E-state index < -0.39 is 21.7 Å². The molecule has 1 amide bonds. The second-order valence-corrected chi connectivity index (χ2v) is 8.43. The lowest BCUT2D eigenvalue weighted by Crippen LogP contribution is -2.41. The molecule has 1 aliphatic heterocycles. The van der Waals surface area contributed by atoms with Gasteiger partial charge in [-0.05, 0) is 31.6 Å². The lowest BCUT2D eigenvalue weighted by atomic mass is 9.88. The van der Waals surface area contributed by atoms with Crippen LogP contribution >= 0.6 is 0 Å². The van der Waals surface area contributed by atoms with Crippen molar-refractivity contribution in [3.8, 4) is 11.5 Å². The standard InChI is InChI=1S/C16H23N3O5S/c1-10-2-4-11(5-3-10)19-25(21,22)8-16(20)18-13-7-15-14(6-12(13)17)23-9-24-15/h6-7,10-11,19H,2-5,8-9,17H2,1H3,(H,18,20). The Labute approximate surface area is 147 Å². The Bertz CT molecular complexity index is 757. The van der Waals surface area contributed by atoms with Gasteiger partial charge in [0.15, 0.2) is 11.5 Å². The van der Waals surface area contributed by atoms with Crippen LogP contribution in [0.4, 0.5) is 11.4 Å². The lowest BCUT2D eigenvalue weighted by Gasteiger charge is -2.26. The number of sulfonamides is 1. The van der Waals surface area contributed by atoms with Crippen LogP contribution in [-0.2, 0) is 14.8 Å². The summed E-state index contributed by atoms with van der Waals surface area (Å²) in [4.78, 5) is 12.1. The summed E-state index contributed by atoms with van der Waals surface area (Å²) in [5, 5.41) is 2.52. The number of anilines is 2. The number of hydrogen-bond acceptors (Lipinski definition) is 6. The third-order valence-electron chi connectivity index (χ3n) is 4.50. The fourth-order valence-electron chi connectivity index (χ4n) is 3.10. The van der Waals surface area contributed by atoms with E-state index in [1.54, 1.807) is 0 Å². The zero-order chi connectivity index (χ0) is 18.0. The van der Waals surface area contributed by atoms with Crippen molar-refractivity contribution in [3.05, 3.63) is 12.1 Å². The van der Waals surface area contributed by atoms with Gasteiger partial charge in [-0.2, -0.15) is 0 Å². The molecule has 1 heterocycles. The average Bonchev–Trinajstić information content (AvgIpc) is 2.96. The van der Waals surface area contributed by atoms with E-state index in [0.717, 1.165) is 25.7 Å². The smallest absolute Gasteiger partial charge is 0.241 e. The van der Waals surface area contributed by atoms with Gasteiger partial charge in [0.05, 0.1) is 11.4 Å². The number of fused-ring (bicyclic) bond motifs is 1. The summed E-state index contributed by atoms with van der Waals surface area (Å²) in [6, 6.07) is 2.97.